The number of quaternary nitrogens is 1. The second-order valence-corrected chi connectivity index (χ2v) is 5.41. The number of nitrogens with one attached hydrogen (secondary N) is 1. The summed E-state index contributed by atoms with van der Waals surface area (Å²) < 4.78 is 0. The van der Waals surface area contributed by atoms with Crippen molar-refractivity contribution in [1.82, 2.24) is 0 Å². The highest BCUT2D eigenvalue weighted by Gasteiger charge is 2.16. The Kier molecular flexibility index (Phi) is 5.54. The molecule has 1 amide bonds. The summed E-state index contributed by atoms with van der Waals surface area (Å²) in [6.07, 6.45) is 0. The van der Waals surface area contributed by atoms with Gasteiger partial charge >= 0.3 is 0 Å². The van der Waals surface area contributed by atoms with E-state index in [1.807, 2.05) is 42.6 Å². The molecule has 2 aromatic rings. The largest absolute Gasteiger partial charge is 0.332 e. The zero-order valence-electron chi connectivity index (χ0n) is 12.2. The van der Waals surface area contributed by atoms with E-state index in [1.165, 1.54) is 0 Å². The molecule has 0 aromatic heterocycles. The Bertz CT molecular complexity index is 692. The number of amides is 1. The van der Waals surface area contributed by atoms with Gasteiger partial charge < -0.3 is 10.6 Å². The van der Waals surface area contributed by atoms with E-state index in [4.69, 9.17) is 16.9 Å². The Labute approximate surface area is 134 Å². The van der Waals surface area contributed by atoms with Crippen LogP contribution in [-0.4, -0.2) is 11.9 Å². The van der Waals surface area contributed by atoms with Crippen molar-refractivity contribution in [2.75, 3.05) is 5.32 Å². The van der Waals surface area contributed by atoms with E-state index in [2.05, 4.69) is 5.32 Å². The second-order valence-electron chi connectivity index (χ2n) is 5.00. The number of nitrogens with two attached hydrogens (primary N) is 1. The second kappa shape index (κ2) is 7.60. The van der Waals surface area contributed by atoms with Crippen LogP contribution in [0, 0.1) is 11.3 Å². The molecule has 0 aliphatic heterocycles. The molecular formula is C17H17ClN3O+. The van der Waals surface area contributed by atoms with Gasteiger partial charge in [0.15, 0.2) is 6.04 Å². The van der Waals surface area contributed by atoms with E-state index >= 15 is 0 Å². The summed E-state index contributed by atoms with van der Waals surface area (Å²) >= 11 is 6.10. The first-order valence-corrected chi connectivity index (χ1v) is 7.35. The van der Waals surface area contributed by atoms with Gasteiger partial charge in [0.2, 0.25) is 0 Å². The van der Waals surface area contributed by atoms with Crippen molar-refractivity contribution in [3.8, 4) is 6.07 Å². The third-order valence-electron chi connectivity index (χ3n) is 3.34. The molecule has 0 bridgehead atoms. The Hall–Kier alpha value is -2.35. The average Bonchev–Trinajstić information content (AvgIpc) is 2.54. The zero-order chi connectivity index (χ0) is 15.9. The number of nitrogens with zero attached hydrogens (tertiary/aromatic N) is 1. The first kappa shape index (κ1) is 16.0. The van der Waals surface area contributed by atoms with E-state index < -0.39 is 0 Å². The molecule has 2 rings (SSSR count). The minimum atomic E-state index is -0.244. The van der Waals surface area contributed by atoms with Gasteiger partial charge in [0, 0.05) is 16.3 Å². The number of hydrogen-bond acceptors (Lipinski definition) is 2. The average molecular weight is 315 g/mol. The van der Waals surface area contributed by atoms with Gasteiger partial charge in [-0.25, -0.2) is 0 Å². The molecule has 22 heavy (non-hydrogen) atoms. The monoisotopic (exact) mass is 314 g/mol. The lowest BCUT2D eigenvalue weighted by Crippen LogP contribution is -2.90. The van der Waals surface area contributed by atoms with Gasteiger partial charge in [-0.15, -0.1) is 0 Å². The molecule has 5 heteroatoms. The number of hydrogen-bond donors (Lipinski definition) is 2. The normalized spacial score (nSPS) is 11.5. The molecule has 0 aliphatic carbocycles. The van der Waals surface area contributed by atoms with Crippen molar-refractivity contribution in [2.24, 2.45) is 0 Å². The van der Waals surface area contributed by atoms with Gasteiger partial charge in [-0.05, 0) is 37.3 Å². The Morgan fingerprint density at radius 1 is 1.27 bits per heavy atom. The highest BCUT2D eigenvalue weighted by molar-refractivity contribution is 6.31. The fourth-order valence-electron chi connectivity index (χ4n) is 1.96. The number of carbonyl (C=O) groups is 1. The van der Waals surface area contributed by atoms with Gasteiger partial charge in [0.25, 0.3) is 5.91 Å². The summed E-state index contributed by atoms with van der Waals surface area (Å²) in [5, 5.41) is 14.2. The van der Waals surface area contributed by atoms with E-state index in [0.29, 0.717) is 22.8 Å². The molecular weight excluding hydrogens is 298 g/mol. The minimum Gasteiger partial charge on any atom is -0.332 e. The quantitative estimate of drug-likeness (QED) is 0.889. The third kappa shape index (κ3) is 4.32. The molecule has 1 atom stereocenters. The lowest BCUT2D eigenvalue weighted by atomic mass is 10.2. The maximum atomic E-state index is 12.1. The standard InChI is InChI=1S/C17H16ClN3O/c1-12(20-11-14-4-2-3-5-16(14)18)17(22)21-15-8-6-13(10-19)7-9-15/h2-9,12,20H,11H2,1H3,(H,21,22)/p+1/t12-/m1/s1. The SMILES string of the molecule is C[C@@H]([NH2+]Cc1ccccc1Cl)C(=O)Nc1ccc(C#N)cc1. The smallest absolute Gasteiger partial charge is 0.282 e. The number of halogens is 1. The predicted molar refractivity (Wildman–Crippen MR) is 86.3 cm³/mol. The first-order chi connectivity index (χ1) is 10.6. The molecule has 0 fully saturated rings. The Morgan fingerprint density at radius 3 is 2.59 bits per heavy atom. The maximum absolute atomic E-state index is 12.1. The van der Waals surface area contributed by atoms with Crippen LogP contribution in [-0.2, 0) is 11.3 Å². The van der Waals surface area contributed by atoms with Crippen LogP contribution >= 0.6 is 11.6 Å². The predicted octanol–water partition coefficient (Wildman–Crippen LogP) is 2.30. The molecule has 112 valence electrons. The summed E-state index contributed by atoms with van der Waals surface area (Å²) in [5.41, 5.74) is 2.25. The molecule has 0 saturated carbocycles. The molecule has 0 unspecified atom stereocenters. The number of rotatable bonds is 5. The lowest BCUT2D eigenvalue weighted by molar-refractivity contribution is -0.688. The molecule has 3 N–H and O–H groups in total. The van der Waals surface area contributed by atoms with Gasteiger partial charge in [-0.2, -0.15) is 5.26 Å². The maximum Gasteiger partial charge on any atom is 0.282 e. The van der Waals surface area contributed by atoms with Crippen molar-refractivity contribution >= 4 is 23.2 Å². The van der Waals surface area contributed by atoms with Gasteiger partial charge in [0.05, 0.1) is 11.6 Å². The first-order valence-electron chi connectivity index (χ1n) is 6.98. The van der Waals surface area contributed by atoms with Gasteiger partial charge in [-0.3, -0.25) is 4.79 Å². The third-order valence-corrected chi connectivity index (χ3v) is 3.71. The summed E-state index contributed by atoms with van der Waals surface area (Å²) in [6.45, 7) is 2.48. The minimum absolute atomic E-state index is 0.0863. The van der Waals surface area contributed by atoms with Crippen LogP contribution in [0.1, 0.15) is 18.1 Å². The molecule has 0 spiro atoms. The van der Waals surface area contributed by atoms with Gasteiger partial charge in [-0.1, -0.05) is 29.8 Å². The summed E-state index contributed by atoms with van der Waals surface area (Å²) in [6, 6.07) is 16.2. The lowest BCUT2D eigenvalue weighted by Gasteiger charge is -2.12. The zero-order valence-corrected chi connectivity index (χ0v) is 13.0. The van der Waals surface area contributed by atoms with Crippen LogP contribution in [0.3, 0.4) is 0 Å². The van der Waals surface area contributed by atoms with E-state index in [-0.39, 0.29) is 11.9 Å². The molecule has 0 heterocycles. The van der Waals surface area contributed by atoms with Crippen LogP contribution in [0.2, 0.25) is 5.02 Å². The van der Waals surface area contributed by atoms with Crippen molar-refractivity contribution in [3.05, 3.63) is 64.7 Å². The molecule has 0 aliphatic rings. The number of nitriles is 1. The number of anilines is 1. The fraction of sp³-hybridized carbons (Fsp3) is 0.176. The molecule has 2 aromatic carbocycles. The van der Waals surface area contributed by atoms with E-state index in [9.17, 15) is 4.79 Å². The Balaban J connectivity index is 1.89. The summed E-state index contributed by atoms with van der Waals surface area (Å²) in [5.74, 6) is -0.0863. The molecule has 0 radical (unpaired) electrons. The molecule has 0 saturated heterocycles. The highest BCUT2D eigenvalue weighted by atomic mass is 35.5. The van der Waals surface area contributed by atoms with Crippen molar-refractivity contribution < 1.29 is 10.1 Å². The van der Waals surface area contributed by atoms with Gasteiger partial charge in [0.1, 0.15) is 6.54 Å². The van der Waals surface area contributed by atoms with E-state index in [1.54, 1.807) is 24.3 Å². The fourth-order valence-corrected chi connectivity index (χ4v) is 2.17. The molecule has 4 nitrogen and oxygen atoms in total. The highest BCUT2D eigenvalue weighted by Crippen LogP contribution is 2.13. The van der Waals surface area contributed by atoms with Crippen LogP contribution in [0.5, 0.6) is 0 Å². The van der Waals surface area contributed by atoms with Crippen molar-refractivity contribution in [3.63, 3.8) is 0 Å². The summed E-state index contributed by atoms with van der Waals surface area (Å²) in [7, 11) is 0. The van der Waals surface area contributed by atoms with Crippen LogP contribution < -0.4 is 10.6 Å². The van der Waals surface area contributed by atoms with Crippen LogP contribution in [0.25, 0.3) is 0 Å². The van der Waals surface area contributed by atoms with Crippen molar-refractivity contribution in [2.45, 2.75) is 19.5 Å². The summed E-state index contributed by atoms with van der Waals surface area (Å²) in [4.78, 5) is 12.1. The van der Waals surface area contributed by atoms with Crippen molar-refractivity contribution in [1.29, 1.82) is 5.26 Å². The Morgan fingerprint density at radius 2 is 1.95 bits per heavy atom. The number of benzene rings is 2. The van der Waals surface area contributed by atoms with Crippen LogP contribution in [0.15, 0.2) is 48.5 Å². The van der Waals surface area contributed by atoms with E-state index in [0.717, 1.165) is 5.56 Å². The van der Waals surface area contributed by atoms with Crippen LogP contribution in [0.4, 0.5) is 5.69 Å². The number of carbonyl (C=O) groups excluding carboxylic acids is 1. The topological polar surface area (TPSA) is 69.5 Å².